The van der Waals surface area contributed by atoms with E-state index in [4.69, 9.17) is 0 Å². The first-order valence-electron chi connectivity index (χ1n) is 9.22. The van der Waals surface area contributed by atoms with Crippen LogP contribution in [0.15, 0.2) is 89.8 Å². The topological polar surface area (TPSA) is 118 Å². The summed E-state index contributed by atoms with van der Waals surface area (Å²) in [5, 5.41) is 13.7. The molecule has 0 saturated heterocycles. The molecule has 0 aliphatic rings. The Kier molecular flexibility index (Phi) is 6.78. The Morgan fingerprint density at radius 3 is 2.32 bits per heavy atom. The van der Waals surface area contributed by atoms with Crippen molar-refractivity contribution in [2.24, 2.45) is 0 Å². The quantitative estimate of drug-likeness (QED) is 0.316. The van der Waals surface area contributed by atoms with Crippen LogP contribution in [0.4, 0.5) is 11.4 Å². The van der Waals surface area contributed by atoms with Crippen molar-refractivity contribution in [2.45, 2.75) is 11.4 Å². The molecule has 0 aliphatic carbocycles. The lowest BCUT2D eigenvalue weighted by Gasteiger charge is -2.13. The summed E-state index contributed by atoms with van der Waals surface area (Å²) in [7, 11) is -3.77. The largest absolute Gasteiger partial charge is 0.348 e. The molecule has 31 heavy (non-hydrogen) atoms. The molecule has 3 aromatic carbocycles. The minimum atomic E-state index is -3.77. The number of hydrogen-bond acceptors (Lipinski definition) is 5. The van der Waals surface area contributed by atoms with Gasteiger partial charge >= 0.3 is 0 Å². The van der Waals surface area contributed by atoms with Gasteiger partial charge in [0.1, 0.15) is 0 Å². The van der Waals surface area contributed by atoms with Crippen molar-refractivity contribution in [3.8, 4) is 0 Å². The van der Waals surface area contributed by atoms with E-state index in [0.717, 1.165) is 0 Å². The van der Waals surface area contributed by atoms with Crippen LogP contribution in [0.3, 0.4) is 0 Å². The molecule has 8 nitrogen and oxygen atoms in total. The maximum Gasteiger partial charge on any atom is 0.276 e. The summed E-state index contributed by atoms with van der Waals surface area (Å²) in [4.78, 5) is 22.8. The lowest BCUT2D eigenvalue weighted by molar-refractivity contribution is -0.385. The molecule has 0 unspecified atom stereocenters. The van der Waals surface area contributed by atoms with Crippen LogP contribution in [0.5, 0.6) is 0 Å². The Hall–Kier alpha value is -3.98. The van der Waals surface area contributed by atoms with E-state index in [1.54, 1.807) is 54.6 Å². The summed E-state index contributed by atoms with van der Waals surface area (Å²) in [6, 6.07) is 20.7. The third-order valence-corrected chi connectivity index (χ3v) is 5.70. The van der Waals surface area contributed by atoms with Gasteiger partial charge in [-0.1, -0.05) is 48.5 Å². The van der Waals surface area contributed by atoms with Crippen molar-refractivity contribution >= 4 is 33.4 Å². The Morgan fingerprint density at radius 1 is 0.935 bits per heavy atom. The predicted molar refractivity (Wildman–Crippen MR) is 118 cm³/mol. The number of hydrogen-bond donors (Lipinski definition) is 2. The average Bonchev–Trinajstić information content (AvgIpc) is 2.77. The molecule has 0 aliphatic heterocycles. The van der Waals surface area contributed by atoms with Crippen LogP contribution in [0.25, 0.3) is 6.08 Å². The molecular weight excluding hydrogens is 418 g/mol. The highest BCUT2D eigenvalue weighted by Crippen LogP contribution is 2.21. The molecule has 0 spiro atoms. The van der Waals surface area contributed by atoms with Crippen molar-refractivity contribution < 1.29 is 18.1 Å². The number of amides is 1. The van der Waals surface area contributed by atoms with Crippen molar-refractivity contribution in [3.63, 3.8) is 0 Å². The molecule has 158 valence electrons. The lowest BCUT2D eigenvalue weighted by Crippen LogP contribution is -2.22. The second-order valence-electron chi connectivity index (χ2n) is 6.44. The molecule has 2 N–H and O–H groups in total. The zero-order chi connectivity index (χ0) is 22.3. The summed E-state index contributed by atoms with van der Waals surface area (Å²) in [5.41, 5.74) is 1.11. The summed E-state index contributed by atoms with van der Waals surface area (Å²) < 4.78 is 27.7. The fraction of sp³-hybridized carbons (Fsp3) is 0.0455. The van der Waals surface area contributed by atoms with Gasteiger partial charge in [0.2, 0.25) is 5.91 Å². The maximum atomic E-state index is 12.6. The third-order valence-electron chi connectivity index (χ3n) is 4.32. The van der Waals surface area contributed by atoms with Crippen LogP contribution in [0.2, 0.25) is 0 Å². The van der Waals surface area contributed by atoms with Gasteiger partial charge in [-0.15, -0.1) is 0 Å². The summed E-state index contributed by atoms with van der Waals surface area (Å²) in [5.74, 6) is -0.473. The molecule has 0 saturated carbocycles. The fourth-order valence-corrected chi connectivity index (χ4v) is 3.90. The van der Waals surface area contributed by atoms with E-state index in [-0.39, 0.29) is 17.1 Å². The van der Waals surface area contributed by atoms with Crippen molar-refractivity contribution in [3.05, 3.63) is 106 Å². The molecule has 3 aromatic rings. The van der Waals surface area contributed by atoms with Gasteiger partial charge in [-0.05, 0) is 35.9 Å². The van der Waals surface area contributed by atoms with Gasteiger partial charge in [0.15, 0.2) is 0 Å². The summed E-state index contributed by atoms with van der Waals surface area (Å²) in [6.45, 7) is 0.0630. The van der Waals surface area contributed by atoms with Crippen LogP contribution in [-0.2, 0) is 21.4 Å². The number of para-hydroxylation sites is 2. The second kappa shape index (κ2) is 9.68. The lowest BCUT2D eigenvalue weighted by atomic mass is 10.1. The van der Waals surface area contributed by atoms with Gasteiger partial charge in [-0.2, -0.15) is 0 Å². The first-order valence-corrected chi connectivity index (χ1v) is 10.7. The fourth-order valence-electron chi connectivity index (χ4n) is 2.78. The number of nitro groups is 1. The molecule has 0 atom stereocenters. The SMILES string of the molecule is O=C(C=Cc1ccccc1[N+](=O)[O-])NCc1ccccc1NS(=O)(=O)c1ccccc1. The van der Waals surface area contributed by atoms with E-state index in [9.17, 15) is 23.3 Å². The highest BCUT2D eigenvalue weighted by atomic mass is 32.2. The molecule has 0 bridgehead atoms. The number of nitro benzene ring substituents is 1. The van der Waals surface area contributed by atoms with Gasteiger partial charge in [0.05, 0.1) is 21.1 Å². The van der Waals surface area contributed by atoms with Gasteiger partial charge < -0.3 is 5.32 Å². The van der Waals surface area contributed by atoms with E-state index < -0.39 is 20.9 Å². The minimum Gasteiger partial charge on any atom is -0.348 e. The van der Waals surface area contributed by atoms with Gasteiger partial charge in [0.25, 0.3) is 15.7 Å². The van der Waals surface area contributed by atoms with Crippen LogP contribution in [0.1, 0.15) is 11.1 Å². The number of rotatable bonds is 8. The zero-order valence-electron chi connectivity index (χ0n) is 16.3. The van der Waals surface area contributed by atoms with Gasteiger partial charge in [-0.3, -0.25) is 19.6 Å². The number of carbonyl (C=O) groups is 1. The highest BCUT2D eigenvalue weighted by molar-refractivity contribution is 7.92. The standard InChI is InChI=1S/C22H19N3O5S/c26-22(15-14-17-8-5-7-13-21(17)25(27)28)23-16-18-9-4-6-12-20(18)24-31(29,30)19-10-2-1-3-11-19/h1-15,24H,16H2,(H,23,26). The molecule has 0 aromatic heterocycles. The number of sulfonamides is 1. The minimum absolute atomic E-state index is 0.0630. The zero-order valence-corrected chi connectivity index (χ0v) is 17.1. The Bertz CT molecular complexity index is 1220. The third kappa shape index (κ3) is 5.77. The molecule has 3 rings (SSSR count). The monoisotopic (exact) mass is 437 g/mol. The number of benzene rings is 3. The summed E-state index contributed by atoms with van der Waals surface area (Å²) in [6.07, 6.45) is 2.55. The van der Waals surface area contributed by atoms with Crippen molar-refractivity contribution in [1.29, 1.82) is 0 Å². The Labute approximate surface area is 179 Å². The predicted octanol–water partition coefficient (Wildman–Crippen LogP) is 3.73. The molecule has 1 amide bonds. The number of anilines is 1. The Morgan fingerprint density at radius 2 is 1.58 bits per heavy atom. The van der Waals surface area contributed by atoms with Gasteiger partial charge in [-0.25, -0.2) is 8.42 Å². The van der Waals surface area contributed by atoms with Gasteiger partial charge in [0, 0.05) is 18.7 Å². The van der Waals surface area contributed by atoms with Crippen molar-refractivity contribution in [1.82, 2.24) is 5.32 Å². The van der Waals surface area contributed by atoms with Crippen LogP contribution in [-0.4, -0.2) is 19.2 Å². The van der Waals surface area contributed by atoms with E-state index in [2.05, 4.69) is 10.0 Å². The first-order chi connectivity index (χ1) is 14.9. The molecular formula is C22H19N3O5S. The van der Waals surface area contributed by atoms with E-state index in [0.29, 0.717) is 16.8 Å². The smallest absolute Gasteiger partial charge is 0.276 e. The van der Waals surface area contributed by atoms with E-state index in [1.807, 2.05) is 0 Å². The van der Waals surface area contributed by atoms with E-state index in [1.165, 1.54) is 36.4 Å². The highest BCUT2D eigenvalue weighted by Gasteiger charge is 2.15. The van der Waals surface area contributed by atoms with Crippen molar-refractivity contribution in [2.75, 3.05) is 4.72 Å². The number of nitrogens with one attached hydrogen (secondary N) is 2. The maximum absolute atomic E-state index is 12.6. The Balaban J connectivity index is 1.69. The second-order valence-corrected chi connectivity index (χ2v) is 8.13. The van der Waals surface area contributed by atoms with Crippen LogP contribution < -0.4 is 10.0 Å². The molecule has 9 heteroatoms. The van der Waals surface area contributed by atoms with Crippen LogP contribution in [0, 0.1) is 10.1 Å². The molecule has 0 heterocycles. The van der Waals surface area contributed by atoms with E-state index >= 15 is 0 Å². The number of carbonyl (C=O) groups excluding carboxylic acids is 1. The average molecular weight is 437 g/mol. The first kappa shape index (κ1) is 21.7. The molecule has 0 radical (unpaired) electrons. The normalized spacial score (nSPS) is 11.2. The molecule has 0 fully saturated rings. The summed E-state index contributed by atoms with van der Waals surface area (Å²) >= 11 is 0. The number of nitrogens with zero attached hydrogens (tertiary/aromatic N) is 1. The van der Waals surface area contributed by atoms with Crippen LogP contribution >= 0.6 is 0 Å².